The number of hydrogen-bond donors (Lipinski definition) is 2. The summed E-state index contributed by atoms with van der Waals surface area (Å²) in [4.78, 5) is 13.8. The summed E-state index contributed by atoms with van der Waals surface area (Å²) < 4.78 is 0. The lowest BCUT2D eigenvalue weighted by atomic mass is 9.98. The van der Waals surface area contributed by atoms with Crippen LogP contribution in [0.15, 0.2) is 0 Å². The molecule has 1 fully saturated rings. The van der Waals surface area contributed by atoms with E-state index in [2.05, 4.69) is 19.2 Å². The molecule has 1 rings (SSSR count). The first-order valence-corrected chi connectivity index (χ1v) is 6.68. The monoisotopic (exact) mass is 242 g/mol. The van der Waals surface area contributed by atoms with Gasteiger partial charge in [0.05, 0.1) is 12.1 Å². The molecule has 0 bridgehead atoms. The fourth-order valence-corrected chi connectivity index (χ4v) is 2.03. The van der Waals surface area contributed by atoms with Gasteiger partial charge in [0.25, 0.3) is 0 Å². The normalized spacial score (nSPS) is 27.6. The first-order chi connectivity index (χ1) is 7.94. The SMILES string of the molecule is CCC(C)NCC(=O)N1CCCC(C)(O)CC1. The summed E-state index contributed by atoms with van der Waals surface area (Å²) >= 11 is 0. The zero-order valence-electron chi connectivity index (χ0n) is 11.3. The van der Waals surface area contributed by atoms with E-state index in [-0.39, 0.29) is 5.91 Å². The molecule has 0 radical (unpaired) electrons. The molecule has 4 nitrogen and oxygen atoms in total. The van der Waals surface area contributed by atoms with Gasteiger partial charge in [0.1, 0.15) is 0 Å². The van der Waals surface area contributed by atoms with Crippen molar-refractivity contribution in [1.29, 1.82) is 0 Å². The summed E-state index contributed by atoms with van der Waals surface area (Å²) in [5, 5.41) is 13.2. The van der Waals surface area contributed by atoms with Crippen LogP contribution in [0.4, 0.5) is 0 Å². The Balaban J connectivity index is 2.37. The molecule has 1 amide bonds. The number of aliphatic hydroxyl groups is 1. The van der Waals surface area contributed by atoms with Crippen molar-refractivity contribution < 1.29 is 9.90 Å². The van der Waals surface area contributed by atoms with Gasteiger partial charge in [0.15, 0.2) is 0 Å². The molecule has 0 aromatic rings. The molecule has 1 heterocycles. The highest BCUT2D eigenvalue weighted by Gasteiger charge is 2.26. The van der Waals surface area contributed by atoms with Gasteiger partial charge in [-0.25, -0.2) is 0 Å². The summed E-state index contributed by atoms with van der Waals surface area (Å²) in [7, 11) is 0. The van der Waals surface area contributed by atoms with Crippen LogP contribution in [-0.4, -0.2) is 47.2 Å². The molecule has 2 unspecified atom stereocenters. The summed E-state index contributed by atoms with van der Waals surface area (Å²) in [6.45, 7) is 7.91. The molecule has 4 heteroatoms. The fraction of sp³-hybridized carbons (Fsp3) is 0.923. The second kappa shape index (κ2) is 6.36. The van der Waals surface area contributed by atoms with Gasteiger partial charge in [-0.1, -0.05) is 6.92 Å². The highest BCUT2D eigenvalue weighted by atomic mass is 16.3. The molecular formula is C13H26N2O2. The van der Waals surface area contributed by atoms with Crippen molar-refractivity contribution in [2.75, 3.05) is 19.6 Å². The second-order valence-electron chi connectivity index (χ2n) is 5.42. The maximum absolute atomic E-state index is 12.0. The Morgan fingerprint density at radius 2 is 2.18 bits per heavy atom. The lowest BCUT2D eigenvalue weighted by Gasteiger charge is -2.23. The van der Waals surface area contributed by atoms with Gasteiger partial charge in [-0.15, -0.1) is 0 Å². The van der Waals surface area contributed by atoms with Gasteiger partial charge in [0, 0.05) is 19.1 Å². The van der Waals surface area contributed by atoms with E-state index < -0.39 is 5.60 Å². The zero-order valence-corrected chi connectivity index (χ0v) is 11.3. The summed E-state index contributed by atoms with van der Waals surface area (Å²) in [5.41, 5.74) is -0.598. The van der Waals surface area contributed by atoms with Crippen LogP contribution in [0.2, 0.25) is 0 Å². The number of likely N-dealkylation sites (tertiary alicyclic amines) is 1. The van der Waals surface area contributed by atoms with Crippen molar-refractivity contribution in [3.63, 3.8) is 0 Å². The van der Waals surface area contributed by atoms with Gasteiger partial charge in [-0.05, 0) is 39.5 Å². The van der Waals surface area contributed by atoms with Crippen molar-refractivity contribution in [2.24, 2.45) is 0 Å². The molecule has 2 N–H and O–H groups in total. The lowest BCUT2D eigenvalue weighted by Crippen LogP contribution is -2.41. The fourth-order valence-electron chi connectivity index (χ4n) is 2.03. The highest BCUT2D eigenvalue weighted by Crippen LogP contribution is 2.21. The quantitative estimate of drug-likeness (QED) is 0.777. The Labute approximate surface area is 104 Å². The Morgan fingerprint density at radius 3 is 2.82 bits per heavy atom. The van der Waals surface area contributed by atoms with Crippen molar-refractivity contribution in [3.8, 4) is 0 Å². The van der Waals surface area contributed by atoms with Crippen molar-refractivity contribution in [3.05, 3.63) is 0 Å². The molecule has 0 aromatic carbocycles. The van der Waals surface area contributed by atoms with Gasteiger partial charge in [0.2, 0.25) is 5.91 Å². The Morgan fingerprint density at radius 1 is 1.47 bits per heavy atom. The van der Waals surface area contributed by atoms with E-state index in [4.69, 9.17) is 0 Å². The minimum absolute atomic E-state index is 0.156. The van der Waals surface area contributed by atoms with Crippen LogP contribution < -0.4 is 5.32 Å². The molecule has 0 saturated carbocycles. The van der Waals surface area contributed by atoms with Crippen molar-refractivity contribution in [2.45, 2.75) is 58.1 Å². The van der Waals surface area contributed by atoms with Crippen LogP contribution in [0.3, 0.4) is 0 Å². The first kappa shape index (κ1) is 14.5. The predicted molar refractivity (Wildman–Crippen MR) is 68.8 cm³/mol. The lowest BCUT2D eigenvalue weighted by molar-refractivity contribution is -0.130. The number of carbonyl (C=O) groups excluding carboxylic acids is 1. The minimum atomic E-state index is -0.598. The molecule has 2 atom stereocenters. The van der Waals surface area contributed by atoms with Gasteiger partial charge < -0.3 is 15.3 Å². The molecule has 1 aliphatic heterocycles. The largest absolute Gasteiger partial charge is 0.390 e. The molecule has 0 aromatic heterocycles. The maximum atomic E-state index is 12.0. The van der Waals surface area contributed by atoms with Gasteiger partial charge in [-0.3, -0.25) is 4.79 Å². The number of amides is 1. The summed E-state index contributed by atoms with van der Waals surface area (Å²) in [6.07, 6.45) is 3.39. The standard InChI is InChI=1S/C13H26N2O2/c1-4-11(2)14-10-12(16)15-8-5-6-13(3,17)7-9-15/h11,14,17H,4-10H2,1-3H3. The molecule has 100 valence electrons. The number of carbonyl (C=O) groups is 1. The van der Waals surface area contributed by atoms with Crippen molar-refractivity contribution >= 4 is 5.91 Å². The minimum Gasteiger partial charge on any atom is -0.390 e. The van der Waals surface area contributed by atoms with Crippen LogP contribution in [0.25, 0.3) is 0 Å². The van der Waals surface area contributed by atoms with Gasteiger partial charge in [-0.2, -0.15) is 0 Å². The highest BCUT2D eigenvalue weighted by molar-refractivity contribution is 5.78. The molecular weight excluding hydrogens is 216 g/mol. The summed E-state index contributed by atoms with van der Waals surface area (Å²) in [6, 6.07) is 0.383. The van der Waals surface area contributed by atoms with E-state index in [1.165, 1.54) is 0 Å². The first-order valence-electron chi connectivity index (χ1n) is 6.68. The number of nitrogens with zero attached hydrogens (tertiary/aromatic N) is 1. The maximum Gasteiger partial charge on any atom is 0.236 e. The van der Waals surface area contributed by atoms with Gasteiger partial charge >= 0.3 is 0 Å². The predicted octanol–water partition coefficient (Wildman–Crippen LogP) is 1.14. The van der Waals surface area contributed by atoms with E-state index in [0.717, 1.165) is 25.8 Å². The van der Waals surface area contributed by atoms with E-state index in [9.17, 15) is 9.90 Å². The topological polar surface area (TPSA) is 52.6 Å². The van der Waals surface area contributed by atoms with E-state index >= 15 is 0 Å². The second-order valence-corrected chi connectivity index (χ2v) is 5.42. The molecule has 17 heavy (non-hydrogen) atoms. The van der Waals surface area contributed by atoms with Crippen LogP contribution in [0.5, 0.6) is 0 Å². The molecule has 1 saturated heterocycles. The van der Waals surface area contributed by atoms with E-state index in [1.807, 2.05) is 11.8 Å². The van der Waals surface area contributed by atoms with Crippen LogP contribution in [0.1, 0.15) is 46.5 Å². The van der Waals surface area contributed by atoms with Crippen LogP contribution in [0, 0.1) is 0 Å². The van der Waals surface area contributed by atoms with Crippen molar-refractivity contribution in [1.82, 2.24) is 10.2 Å². The zero-order chi connectivity index (χ0) is 12.9. The third-order valence-electron chi connectivity index (χ3n) is 3.63. The molecule has 0 aliphatic carbocycles. The average molecular weight is 242 g/mol. The summed E-state index contributed by atoms with van der Waals surface area (Å²) in [5.74, 6) is 0.156. The molecule has 1 aliphatic rings. The number of hydrogen-bond acceptors (Lipinski definition) is 3. The average Bonchev–Trinajstić information content (AvgIpc) is 2.46. The van der Waals surface area contributed by atoms with E-state index in [0.29, 0.717) is 25.6 Å². The Bertz CT molecular complexity index is 254. The third kappa shape index (κ3) is 5.04. The number of rotatable bonds is 4. The third-order valence-corrected chi connectivity index (χ3v) is 3.63. The van der Waals surface area contributed by atoms with Crippen LogP contribution >= 0.6 is 0 Å². The number of nitrogens with one attached hydrogen (secondary N) is 1. The Hall–Kier alpha value is -0.610. The van der Waals surface area contributed by atoms with Crippen LogP contribution in [-0.2, 0) is 4.79 Å². The smallest absolute Gasteiger partial charge is 0.236 e. The molecule has 0 spiro atoms. The Kier molecular flexibility index (Phi) is 5.40. The van der Waals surface area contributed by atoms with E-state index in [1.54, 1.807) is 0 Å².